The summed E-state index contributed by atoms with van der Waals surface area (Å²) in [4.78, 5) is 4.45. The molecule has 0 aliphatic carbocycles. The van der Waals surface area contributed by atoms with E-state index >= 15 is 0 Å². The van der Waals surface area contributed by atoms with Gasteiger partial charge in [0, 0.05) is 30.5 Å². The summed E-state index contributed by atoms with van der Waals surface area (Å²) in [6.45, 7) is 4.86. The smallest absolute Gasteiger partial charge is 0.126 e. The predicted molar refractivity (Wildman–Crippen MR) is 73.3 cm³/mol. The van der Waals surface area contributed by atoms with Gasteiger partial charge in [0.05, 0.1) is 10.7 Å². The van der Waals surface area contributed by atoms with Gasteiger partial charge in [-0.1, -0.05) is 13.8 Å². The molecule has 1 heterocycles. The Kier molecular flexibility index (Phi) is 4.61. The number of rotatable bonds is 5. The van der Waals surface area contributed by atoms with Gasteiger partial charge in [0.1, 0.15) is 11.6 Å². The monoisotopic (exact) mass is 282 g/mol. The van der Waals surface area contributed by atoms with Gasteiger partial charge < -0.3 is 5.32 Å². The van der Waals surface area contributed by atoms with Gasteiger partial charge in [-0.2, -0.15) is 0 Å². The van der Waals surface area contributed by atoms with E-state index in [1.807, 2.05) is 5.38 Å². The number of aromatic nitrogens is 1. The minimum Gasteiger partial charge on any atom is -0.309 e. The molecule has 0 fully saturated rings. The van der Waals surface area contributed by atoms with Gasteiger partial charge in [-0.05, 0) is 17.7 Å². The van der Waals surface area contributed by atoms with Crippen LogP contribution in [0, 0.1) is 11.6 Å². The first-order valence-electron chi connectivity index (χ1n) is 6.14. The van der Waals surface area contributed by atoms with Crippen molar-refractivity contribution in [2.24, 2.45) is 0 Å². The maximum atomic E-state index is 13.1. The van der Waals surface area contributed by atoms with E-state index in [2.05, 4.69) is 24.1 Å². The van der Waals surface area contributed by atoms with E-state index in [0.29, 0.717) is 24.6 Å². The van der Waals surface area contributed by atoms with Crippen LogP contribution in [0.15, 0.2) is 23.6 Å². The number of hydrogen-bond donors (Lipinski definition) is 1. The highest BCUT2D eigenvalue weighted by Gasteiger charge is 2.06. The van der Waals surface area contributed by atoms with Crippen LogP contribution in [0.4, 0.5) is 8.78 Å². The summed E-state index contributed by atoms with van der Waals surface area (Å²) in [5.74, 6) is -1.10. The van der Waals surface area contributed by atoms with Crippen LogP contribution in [0.5, 0.6) is 0 Å². The maximum Gasteiger partial charge on any atom is 0.126 e. The van der Waals surface area contributed by atoms with Crippen molar-refractivity contribution in [1.29, 1.82) is 0 Å². The molecule has 1 aromatic heterocycles. The second kappa shape index (κ2) is 6.21. The third kappa shape index (κ3) is 4.36. The summed E-state index contributed by atoms with van der Waals surface area (Å²) >= 11 is 1.51. The number of benzene rings is 1. The second-order valence-corrected chi connectivity index (χ2v) is 5.67. The molecule has 0 radical (unpaired) electrons. The number of thiazole rings is 1. The van der Waals surface area contributed by atoms with Crippen molar-refractivity contribution >= 4 is 11.3 Å². The molecular formula is C14H16F2N2S. The van der Waals surface area contributed by atoms with Gasteiger partial charge in [0.25, 0.3) is 0 Å². The van der Waals surface area contributed by atoms with Crippen molar-refractivity contribution < 1.29 is 8.78 Å². The fourth-order valence-corrected chi connectivity index (χ4v) is 2.54. The Labute approximate surface area is 115 Å². The summed E-state index contributed by atoms with van der Waals surface area (Å²) < 4.78 is 26.2. The molecule has 0 spiro atoms. The number of halogens is 2. The van der Waals surface area contributed by atoms with Gasteiger partial charge in [0.15, 0.2) is 0 Å². The third-order valence-electron chi connectivity index (χ3n) is 2.57. The van der Waals surface area contributed by atoms with Crippen LogP contribution in [-0.4, -0.2) is 11.0 Å². The summed E-state index contributed by atoms with van der Waals surface area (Å²) in [6.07, 6.45) is 0.459. The molecule has 0 aliphatic rings. The quantitative estimate of drug-likeness (QED) is 0.907. The lowest BCUT2D eigenvalue weighted by Crippen LogP contribution is -2.21. The molecule has 1 N–H and O–H groups in total. The van der Waals surface area contributed by atoms with E-state index in [9.17, 15) is 8.78 Å². The van der Waals surface area contributed by atoms with E-state index in [1.165, 1.54) is 23.5 Å². The highest BCUT2D eigenvalue weighted by molar-refractivity contribution is 7.09. The average molecular weight is 282 g/mol. The highest BCUT2D eigenvalue weighted by Crippen LogP contribution is 2.16. The minimum absolute atomic E-state index is 0.405. The van der Waals surface area contributed by atoms with Crippen LogP contribution in [0.2, 0.25) is 0 Å². The standard InChI is InChI=1S/C14H16F2N2S/c1-9(2)17-7-13-8-19-14(18-13)5-10-3-11(15)6-12(16)4-10/h3-4,6,8-9,17H,5,7H2,1-2H3. The molecule has 1 aromatic carbocycles. The van der Waals surface area contributed by atoms with Crippen molar-refractivity contribution in [1.82, 2.24) is 10.3 Å². The minimum atomic E-state index is -0.548. The molecule has 0 saturated carbocycles. The molecule has 0 unspecified atom stereocenters. The number of nitrogens with zero attached hydrogens (tertiary/aromatic N) is 1. The van der Waals surface area contributed by atoms with Crippen molar-refractivity contribution in [3.63, 3.8) is 0 Å². The molecule has 0 bridgehead atoms. The van der Waals surface area contributed by atoms with Crippen LogP contribution >= 0.6 is 11.3 Å². The normalized spacial score (nSPS) is 11.2. The highest BCUT2D eigenvalue weighted by atomic mass is 32.1. The van der Waals surface area contributed by atoms with Gasteiger partial charge in [-0.25, -0.2) is 13.8 Å². The van der Waals surface area contributed by atoms with Gasteiger partial charge in [-0.15, -0.1) is 11.3 Å². The molecule has 5 heteroatoms. The molecule has 2 aromatic rings. The Morgan fingerprint density at radius 2 is 1.89 bits per heavy atom. The molecule has 19 heavy (non-hydrogen) atoms. The summed E-state index contributed by atoms with van der Waals surface area (Å²) in [7, 11) is 0. The van der Waals surface area contributed by atoms with Gasteiger partial charge in [0.2, 0.25) is 0 Å². The first kappa shape index (κ1) is 14.1. The van der Waals surface area contributed by atoms with Crippen molar-refractivity contribution in [3.8, 4) is 0 Å². The SMILES string of the molecule is CC(C)NCc1csc(Cc2cc(F)cc(F)c2)n1. The van der Waals surface area contributed by atoms with Crippen LogP contribution < -0.4 is 5.32 Å². The molecule has 0 saturated heterocycles. The third-order valence-corrected chi connectivity index (χ3v) is 3.47. The van der Waals surface area contributed by atoms with Gasteiger partial charge >= 0.3 is 0 Å². The summed E-state index contributed by atoms with van der Waals surface area (Å²) in [6, 6.07) is 3.97. The zero-order valence-electron chi connectivity index (χ0n) is 10.9. The van der Waals surface area contributed by atoms with Crippen molar-refractivity contribution in [3.05, 3.63) is 51.5 Å². The molecule has 0 aliphatic heterocycles. The molecular weight excluding hydrogens is 266 g/mol. The topological polar surface area (TPSA) is 24.9 Å². The predicted octanol–water partition coefficient (Wildman–Crippen LogP) is 3.51. The van der Waals surface area contributed by atoms with Gasteiger partial charge in [-0.3, -0.25) is 0 Å². The lowest BCUT2D eigenvalue weighted by Gasteiger charge is -2.04. The first-order chi connectivity index (χ1) is 9.02. The first-order valence-corrected chi connectivity index (χ1v) is 7.02. The Bertz CT molecular complexity index is 532. The Morgan fingerprint density at radius 3 is 2.53 bits per heavy atom. The Morgan fingerprint density at radius 1 is 1.21 bits per heavy atom. The fourth-order valence-electron chi connectivity index (χ4n) is 1.71. The molecule has 0 atom stereocenters. The molecule has 102 valence electrons. The number of nitrogens with one attached hydrogen (secondary N) is 1. The number of hydrogen-bond acceptors (Lipinski definition) is 3. The van der Waals surface area contributed by atoms with E-state index in [-0.39, 0.29) is 0 Å². The maximum absolute atomic E-state index is 13.1. The molecule has 2 rings (SSSR count). The Hall–Kier alpha value is -1.33. The van der Waals surface area contributed by atoms with Crippen LogP contribution in [0.1, 0.15) is 30.1 Å². The van der Waals surface area contributed by atoms with E-state index in [0.717, 1.165) is 16.8 Å². The zero-order valence-corrected chi connectivity index (χ0v) is 11.7. The lowest BCUT2D eigenvalue weighted by atomic mass is 10.1. The van der Waals surface area contributed by atoms with E-state index < -0.39 is 11.6 Å². The van der Waals surface area contributed by atoms with Crippen LogP contribution in [0.3, 0.4) is 0 Å². The second-order valence-electron chi connectivity index (χ2n) is 4.72. The van der Waals surface area contributed by atoms with Crippen molar-refractivity contribution in [2.75, 3.05) is 0 Å². The Balaban J connectivity index is 2.03. The van der Waals surface area contributed by atoms with Crippen LogP contribution in [-0.2, 0) is 13.0 Å². The fraction of sp³-hybridized carbons (Fsp3) is 0.357. The molecule has 2 nitrogen and oxygen atoms in total. The zero-order chi connectivity index (χ0) is 13.8. The molecule has 0 amide bonds. The van der Waals surface area contributed by atoms with E-state index in [1.54, 1.807) is 0 Å². The summed E-state index contributed by atoms with van der Waals surface area (Å²) in [5.41, 5.74) is 1.57. The largest absolute Gasteiger partial charge is 0.309 e. The summed E-state index contributed by atoms with van der Waals surface area (Å²) in [5, 5.41) is 6.12. The van der Waals surface area contributed by atoms with E-state index in [4.69, 9.17) is 0 Å². The lowest BCUT2D eigenvalue weighted by molar-refractivity contribution is 0.579. The average Bonchev–Trinajstić information content (AvgIpc) is 2.72. The van der Waals surface area contributed by atoms with Crippen LogP contribution in [0.25, 0.3) is 0 Å². The van der Waals surface area contributed by atoms with Crippen molar-refractivity contribution in [2.45, 2.75) is 32.9 Å².